The number of hydrogen-bond acceptors (Lipinski definition) is 7. The number of hydrogen-bond donors (Lipinski definition) is 0. The molecule has 0 aromatic carbocycles. The summed E-state index contributed by atoms with van der Waals surface area (Å²) in [6.07, 6.45) is 3.34. The third-order valence-electron chi connectivity index (χ3n) is 5.28. The van der Waals surface area contributed by atoms with Gasteiger partial charge in [-0.25, -0.2) is 0 Å². The molecule has 0 bridgehead atoms. The average Bonchev–Trinajstić information content (AvgIpc) is 3.07. The van der Waals surface area contributed by atoms with E-state index in [1.54, 1.807) is 35.5 Å². The Hall–Kier alpha value is 0.154. The summed E-state index contributed by atoms with van der Waals surface area (Å²) in [6.45, 7) is 7.55. The fourth-order valence-corrected chi connectivity index (χ4v) is 8.35. The molecule has 0 aromatic heterocycles. The fraction of sp³-hybridized carbons (Fsp3) is 1.00. The minimum Gasteiger partial charge on any atom is -0.386 e. The second-order valence-electron chi connectivity index (χ2n) is 6.40. The van der Waals surface area contributed by atoms with Gasteiger partial charge in [0.05, 0.1) is 0 Å². The van der Waals surface area contributed by atoms with Crippen LogP contribution in [0.5, 0.6) is 0 Å². The van der Waals surface area contributed by atoms with Crippen LogP contribution >= 0.6 is 0 Å². The molecule has 0 amide bonds. The molecule has 0 saturated carbocycles. The summed E-state index contributed by atoms with van der Waals surface area (Å²) in [5.74, 6) is 0. The summed E-state index contributed by atoms with van der Waals surface area (Å²) in [4.78, 5) is 2.49. The first kappa shape index (κ1) is 23.2. The Labute approximate surface area is 156 Å². The van der Waals surface area contributed by atoms with Crippen LogP contribution in [0.15, 0.2) is 0 Å². The number of rotatable bonds is 14. The van der Waals surface area contributed by atoms with Crippen LogP contribution in [0.4, 0.5) is 0 Å². The van der Waals surface area contributed by atoms with Gasteiger partial charge in [0, 0.05) is 47.6 Å². The van der Waals surface area contributed by atoms with Crippen molar-refractivity contribution in [2.45, 2.75) is 38.3 Å². The first-order valence-corrected chi connectivity index (χ1v) is 13.2. The molecule has 150 valence electrons. The number of nitrogens with zero attached hydrogens (tertiary/aromatic N) is 2. The largest absolute Gasteiger partial charge is 0.500 e. The predicted octanol–water partition coefficient (Wildman–Crippen LogP) is 1.90. The minimum absolute atomic E-state index is 0.850. The van der Waals surface area contributed by atoms with Crippen LogP contribution in [0.2, 0.25) is 12.1 Å². The molecule has 1 aliphatic rings. The van der Waals surface area contributed by atoms with Crippen molar-refractivity contribution in [3.8, 4) is 0 Å². The van der Waals surface area contributed by atoms with Gasteiger partial charge in [0.25, 0.3) is 0 Å². The second kappa shape index (κ2) is 11.8. The predicted molar refractivity (Wildman–Crippen MR) is 104 cm³/mol. The lowest BCUT2D eigenvalue weighted by Gasteiger charge is -2.32. The molecule has 1 fully saturated rings. The van der Waals surface area contributed by atoms with Crippen molar-refractivity contribution >= 4 is 17.5 Å². The molecule has 0 spiro atoms. The van der Waals surface area contributed by atoms with Gasteiger partial charge in [0.2, 0.25) is 0 Å². The molecular weight excluding hydrogens is 356 g/mol. The Morgan fingerprint density at radius 1 is 0.960 bits per heavy atom. The lowest BCUT2D eigenvalue weighted by molar-refractivity contribution is 0.121. The zero-order valence-corrected chi connectivity index (χ0v) is 19.0. The zero-order valence-electron chi connectivity index (χ0n) is 17.0. The Morgan fingerprint density at radius 3 is 2.08 bits per heavy atom. The highest BCUT2D eigenvalue weighted by molar-refractivity contribution is 6.65. The van der Waals surface area contributed by atoms with Crippen molar-refractivity contribution in [2.24, 2.45) is 0 Å². The van der Waals surface area contributed by atoms with E-state index in [1.807, 2.05) is 0 Å². The molecule has 0 unspecified atom stereocenters. The third-order valence-corrected chi connectivity index (χ3v) is 11.8. The van der Waals surface area contributed by atoms with Gasteiger partial charge in [-0.3, -0.25) is 4.57 Å². The van der Waals surface area contributed by atoms with Crippen molar-refractivity contribution in [2.75, 3.05) is 68.3 Å². The third kappa shape index (κ3) is 6.37. The van der Waals surface area contributed by atoms with Crippen LogP contribution in [0.1, 0.15) is 26.2 Å². The lowest BCUT2D eigenvalue weighted by Crippen LogP contribution is -2.53. The van der Waals surface area contributed by atoms with Crippen LogP contribution in [-0.2, 0) is 22.1 Å². The van der Waals surface area contributed by atoms with E-state index < -0.39 is 17.5 Å². The maximum Gasteiger partial charge on any atom is 0.500 e. The highest BCUT2D eigenvalue weighted by atomic mass is 28.4. The quantitative estimate of drug-likeness (QED) is 0.417. The molecule has 7 nitrogen and oxygen atoms in total. The molecule has 0 atom stereocenters. The van der Waals surface area contributed by atoms with Crippen LogP contribution in [0, 0.1) is 0 Å². The Morgan fingerprint density at radius 2 is 1.56 bits per heavy atom. The summed E-state index contributed by atoms with van der Waals surface area (Å²) in [5, 5.41) is 0. The summed E-state index contributed by atoms with van der Waals surface area (Å²) >= 11 is 0. The molecule has 0 aromatic rings. The maximum atomic E-state index is 5.78. The SMILES string of the molecule is CCN(CCCN1CCC[Si]1(OC)OC)CCC[Si](OC)(OC)OC. The van der Waals surface area contributed by atoms with E-state index in [1.165, 1.54) is 6.42 Å². The summed E-state index contributed by atoms with van der Waals surface area (Å²) < 4.78 is 30.5. The van der Waals surface area contributed by atoms with Crippen molar-refractivity contribution in [3.63, 3.8) is 0 Å². The second-order valence-corrected chi connectivity index (χ2v) is 12.9. The standard InChI is InChI=1S/C16H38N2O5Si2/c1-7-17(12-9-16-25(21-4,22-5)23-6)11-8-13-18-14-10-15-24(18,19-2)20-3/h7-16H2,1-6H3. The fourth-order valence-electron chi connectivity index (χ4n) is 3.64. The highest BCUT2D eigenvalue weighted by Gasteiger charge is 2.46. The van der Waals surface area contributed by atoms with Gasteiger partial charge < -0.3 is 27.0 Å². The molecule has 0 radical (unpaired) electrons. The van der Waals surface area contributed by atoms with Crippen molar-refractivity contribution in [1.82, 2.24) is 9.47 Å². The van der Waals surface area contributed by atoms with E-state index in [2.05, 4.69) is 16.4 Å². The molecule has 1 saturated heterocycles. The van der Waals surface area contributed by atoms with E-state index >= 15 is 0 Å². The molecule has 1 rings (SSSR count). The van der Waals surface area contributed by atoms with E-state index in [0.717, 1.165) is 57.7 Å². The molecule has 0 N–H and O–H groups in total. The Balaban J connectivity index is 2.35. The Bertz CT molecular complexity index is 349. The molecule has 1 heterocycles. The Kier molecular flexibility index (Phi) is 10.9. The monoisotopic (exact) mass is 394 g/mol. The van der Waals surface area contributed by atoms with Gasteiger partial charge in [0.1, 0.15) is 0 Å². The summed E-state index contributed by atoms with van der Waals surface area (Å²) in [5.41, 5.74) is 0. The average molecular weight is 395 g/mol. The van der Waals surface area contributed by atoms with Gasteiger partial charge in [-0.15, -0.1) is 0 Å². The normalized spacial score (nSPS) is 18.4. The summed E-state index contributed by atoms with van der Waals surface area (Å²) in [6, 6.07) is 1.93. The first-order chi connectivity index (χ1) is 12.0. The molecular formula is C16H38N2O5Si2. The van der Waals surface area contributed by atoms with E-state index in [0.29, 0.717) is 0 Å². The van der Waals surface area contributed by atoms with Crippen molar-refractivity contribution < 1.29 is 22.1 Å². The van der Waals surface area contributed by atoms with E-state index in [9.17, 15) is 0 Å². The lowest BCUT2D eigenvalue weighted by atomic mass is 10.3. The van der Waals surface area contributed by atoms with Crippen molar-refractivity contribution in [1.29, 1.82) is 0 Å². The van der Waals surface area contributed by atoms with Gasteiger partial charge in [-0.1, -0.05) is 6.92 Å². The zero-order chi connectivity index (χ0) is 18.8. The van der Waals surface area contributed by atoms with Crippen LogP contribution in [-0.4, -0.2) is 95.3 Å². The minimum atomic E-state index is -2.44. The van der Waals surface area contributed by atoms with E-state index in [4.69, 9.17) is 22.1 Å². The van der Waals surface area contributed by atoms with Crippen LogP contribution in [0.3, 0.4) is 0 Å². The van der Waals surface area contributed by atoms with Crippen LogP contribution in [0.25, 0.3) is 0 Å². The highest BCUT2D eigenvalue weighted by Crippen LogP contribution is 2.27. The van der Waals surface area contributed by atoms with Crippen molar-refractivity contribution in [3.05, 3.63) is 0 Å². The molecule has 9 heteroatoms. The summed E-state index contributed by atoms with van der Waals surface area (Å²) in [7, 11) is 4.09. The topological polar surface area (TPSA) is 52.6 Å². The maximum absolute atomic E-state index is 5.78. The molecule has 0 aliphatic carbocycles. The molecule has 25 heavy (non-hydrogen) atoms. The molecule has 1 aliphatic heterocycles. The van der Waals surface area contributed by atoms with Crippen LogP contribution < -0.4 is 0 Å². The smallest absolute Gasteiger partial charge is 0.386 e. The first-order valence-electron chi connectivity index (χ1n) is 9.28. The van der Waals surface area contributed by atoms with Gasteiger partial charge in [0.15, 0.2) is 0 Å². The van der Waals surface area contributed by atoms with Gasteiger partial charge in [-0.2, -0.15) is 0 Å². The van der Waals surface area contributed by atoms with Gasteiger partial charge in [-0.05, 0) is 52.0 Å². The van der Waals surface area contributed by atoms with Gasteiger partial charge >= 0.3 is 17.5 Å². The van der Waals surface area contributed by atoms with E-state index in [-0.39, 0.29) is 0 Å².